The zero-order chi connectivity index (χ0) is 27.5. The fourth-order valence-electron chi connectivity index (χ4n) is 5.61. The second kappa shape index (κ2) is 15.5. The van der Waals surface area contributed by atoms with E-state index in [0.717, 1.165) is 72.0 Å². The van der Waals surface area contributed by atoms with Crippen LogP contribution in [0.1, 0.15) is 53.5 Å². The van der Waals surface area contributed by atoms with Crippen LogP contribution >= 0.6 is 12.0 Å². The van der Waals surface area contributed by atoms with E-state index < -0.39 is 0 Å². The second-order valence-electron chi connectivity index (χ2n) is 10.3. The van der Waals surface area contributed by atoms with Gasteiger partial charge in [-0.1, -0.05) is 49.1 Å². The maximum atomic E-state index is 11.1. The van der Waals surface area contributed by atoms with Gasteiger partial charge in [-0.3, -0.25) is 5.04 Å². The average Bonchev–Trinajstić information content (AvgIpc) is 2.98. The molecule has 11 heteroatoms. The molecule has 1 N–H and O–H groups in total. The van der Waals surface area contributed by atoms with Gasteiger partial charge in [-0.15, -0.1) is 22.3 Å². The summed E-state index contributed by atoms with van der Waals surface area (Å²) in [7, 11) is 0. The fourth-order valence-corrected chi connectivity index (χ4v) is 6.11. The molecular formula is C31H28N4NaO4SY-. The van der Waals surface area contributed by atoms with E-state index in [1.165, 1.54) is 24.0 Å². The smallest absolute Gasteiger partial charge is 0.691 e. The van der Waals surface area contributed by atoms with Gasteiger partial charge in [0.05, 0.1) is 22.6 Å². The Hall–Kier alpha value is -1.53. The molecule has 0 saturated heterocycles. The summed E-state index contributed by atoms with van der Waals surface area (Å²) < 4.78 is 4.56. The number of phenolic OH excluding ortho intramolecular Hbond substituents is 1. The van der Waals surface area contributed by atoms with E-state index >= 15 is 0 Å². The van der Waals surface area contributed by atoms with Gasteiger partial charge in [-0.2, -0.15) is 20.6 Å². The Labute approximate surface area is 296 Å². The van der Waals surface area contributed by atoms with Gasteiger partial charge in [0.25, 0.3) is 0 Å². The Morgan fingerprint density at radius 3 is 2.43 bits per heavy atom. The van der Waals surface area contributed by atoms with E-state index in [0.29, 0.717) is 28.0 Å². The quantitative estimate of drug-likeness (QED) is 0.0704. The van der Waals surface area contributed by atoms with E-state index in [9.17, 15) is 10.4 Å². The second-order valence-corrected chi connectivity index (χ2v) is 11.0. The number of phenols is 1. The summed E-state index contributed by atoms with van der Waals surface area (Å²) in [5.74, 6) is -0.0532. The van der Waals surface area contributed by atoms with Crippen LogP contribution in [0.25, 0.3) is 10.8 Å². The summed E-state index contributed by atoms with van der Waals surface area (Å²) in [5.41, 5.74) is 8.44. The van der Waals surface area contributed by atoms with Gasteiger partial charge in [-0.25, -0.2) is 5.11 Å². The van der Waals surface area contributed by atoms with Crippen molar-refractivity contribution in [2.75, 3.05) is 0 Å². The molecule has 42 heavy (non-hydrogen) atoms. The first kappa shape index (κ1) is 33.4. The Morgan fingerprint density at radius 1 is 0.857 bits per heavy atom. The van der Waals surface area contributed by atoms with Crippen LogP contribution in [-0.4, -0.2) is 5.11 Å². The molecule has 6 rings (SSSR count). The molecule has 2 aliphatic carbocycles. The summed E-state index contributed by atoms with van der Waals surface area (Å²) in [6.45, 7) is 1.96. The number of fused-ring (bicyclic) bond motifs is 3. The molecule has 8 nitrogen and oxygen atoms in total. The van der Waals surface area contributed by atoms with Gasteiger partial charge in [0, 0.05) is 38.1 Å². The minimum Gasteiger partial charge on any atom is -0.691 e. The van der Waals surface area contributed by atoms with Crippen LogP contribution < -0.4 is 34.8 Å². The zero-order valence-electron chi connectivity index (χ0n) is 23.7. The number of aryl methyl sites for hydroxylation is 3. The molecule has 0 fully saturated rings. The van der Waals surface area contributed by atoms with E-state index in [2.05, 4.69) is 48.0 Å². The van der Waals surface area contributed by atoms with Gasteiger partial charge < -0.3 is 10.4 Å². The number of azo groups is 2. The van der Waals surface area contributed by atoms with Crippen molar-refractivity contribution in [3.05, 3.63) is 82.4 Å². The van der Waals surface area contributed by atoms with Crippen LogP contribution in [-0.2, 0) is 67.8 Å². The predicted octanol–water partition coefficient (Wildman–Crippen LogP) is 5.47. The van der Waals surface area contributed by atoms with Crippen molar-refractivity contribution in [3.8, 4) is 5.75 Å². The molecule has 0 amide bonds. The molecule has 0 bridgehead atoms. The van der Waals surface area contributed by atoms with Crippen LogP contribution in [0.3, 0.4) is 0 Å². The monoisotopic (exact) mass is 664 g/mol. The van der Waals surface area contributed by atoms with Crippen LogP contribution in [0.4, 0.5) is 22.7 Å². The minimum atomic E-state index is -0.0532. The van der Waals surface area contributed by atoms with Crippen LogP contribution in [0.2, 0.25) is 0 Å². The standard InChI is InChI=1S/C31H29N4O4S.Na.Y/c1-19-10-13-24-22(16-19)18-29(40-39-38-37)30(31(24)36)35-34-28-15-14-27(25-8-4-5-9-26(25)28)33-32-23-12-11-20-6-2-3-7-21(20)17-23;;/h10-14,16-18,36-37H,2-9H2,1H3;;/q-1;+1;/p-1. The maximum Gasteiger partial charge on any atom is 1.00 e. The molecule has 1 radical (unpaired) electrons. The molecule has 0 unspecified atom stereocenters. The van der Waals surface area contributed by atoms with Crippen LogP contribution in [0.15, 0.2) is 73.9 Å². The third kappa shape index (κ3) is 7.40. The molecule has 207 valence electrons. The summed E-state index contributed by atoms with van der Waals surface area (Å²) in [6.07, 6.45) is 8.52. The Balaban J connectivity index is 0.00000202. The van der Waals surface area contributed by atoms with Crippen molar-refractivity contribution in [2.24, 2.45) is 20.5 Å². The van der Waals surface area contributed by atoms with Crippen molar-refractivity contribution in [1.29, 1.82) is 0 Å². The summed E-state index contributed by atoms with van der Waals surface area (Å²) in [6, 6.07) is 18.9. The average molecular weight is 665 g/mol. The van der Waals surface area contributed by atoms with E-state index in [1.807, 2.05) is 37.3 Å². The van der Waals surface area contributed by atoms with Crippen molar-refractivity contribution in [2.45, 2.75) is 63.2 Å². The molecule has 0 atom stereocenters. The summed E-state index contributed by atoms with van der Waals surface area (Å²) in [5, 5.41) is 44.6. The van der Waals surface area contributed by atoms with Crippen LogP contribution in [0.5, 0.6) is 5.75 Å². The van der Waals surface area contributed by atoms with Gasteiger partial charge in [-0.05, 0) is 85.1 Å². The van der Waals surface area contributed by atoms with Crippen molar-refractivity contribution < 1.29 is 82.0 Å². The molecule has 0 saturated carbocycles. The van der Waals surface area contributed by atoms with Crippen LogP contribution in [0, 0.1) is 13.0 Å². The molecular weight excluding hydrogens is 636 g/mol. The van der Waals surface area contributed by atoms with Crippen molar-refractivity contribution >= 4 is 45.6 Å². The van der Waals surface area contributed by atoms with Gasteiger partial charge in [0.15, 0.2) is 5.75 Å². The molecule has 0 aliphatic heterocycles. The minimum absolute atomic E-state index is 0. The number of rotatable bonds is 7. The number of nitrogens with zero attached hydrogens (tertiary/aromatic N) is 4. The largest absolute Gasteiger partial charge is 1.00 e. The van der Waals surface area contributed by atoms with E-state index in [1.54, 1.807) is 6.07 Å². The van der Waals surface area contributed by atoms with E-state index in [4.69, 9.17) is 0 Å². The topological polar surface area (TPSA) is 111 Å². The summed E-state index contributed by atoms with van der Waals surface area (Å²) >= 11 is 0.675. The number of aromatic hydroxyl groups is 1. The normalized spacial score (nSPS) is 14.4. The first-order chi connectivity index (χ1) is 19.6. The molecule has 2 aliphatic rings. The molecule has 0 heterocycles. The molecule has 4 aromatic rings. The fraction of sp³-hybridized carbons (Fsp3) is 0.290. The first-order valence-corrected chi connectivity index (χ1v) is 14.3. The summed E-state index contributed by atoms with van der Waals surface area (Å²) in [4.78, 5) is 0.402. The number of benzene rings is 4. The third-order valence-electron chi connectivity index (χ3n) is 7.62. The Kier molecular flexibility index (Phi) is 12.3. The molecule has 4 aromatic carbocycles. The van der Waals surface area contributed by atoms with Crippen molar-refractivity contribution in [1.82, 2.24) is 0 Å². The maximum absolute atomic E-state index is 11.1. The Morgan fingerprint density at radius 2 is 1.62 bits per heavy atom. The predicted molar refractivity (Wildman–Crippen MR) is 152 cm³/mol. The SMILES string of the molecule is Cc1ccc2c(O)c(N=Nc3[c-]cc(N=Nc4ccc5c(c4)CCCC5)c4c3CCCC4)c(SOO[O-])cc2c1.[Na+].[Y]. The van der Waals surface area contributed by atoms with Crippen molar-refractivity contribution in [3.63, 3.8) is 0 Å². The third-order valence-corrected chi connectivity index (χ3v) is 8.24. The number of hydrogen-bond acceptors (Lipinski definition) is 9. The first-order valence-electron chi connectivity index (χ1n) is 13.5. The molecule has 0 spiro atoms. The van der Waals surface area contributed by atoms with Gasteiger partial charge in [0.1, 0.15) is 5.69 Å². The zero-order valence-corrected chi connectivity index (χ0v) is 29.4. The van der Waals surface area contributed by atoms with E-state index in [-0.39, 0.29) is 73.7 Å². The Bertz CT molecular complexity index is 1650. The van der Waals surface area contributed by atoms with Gasteiger partial charge in [0.2, 0.25) is 0 Å². The number of hydrogen-bond donors (Lipinski definition) is 1. The van der Waals surface area contributed by atoms with Gasteiger partial charge >= 0.3 is 29.6 Å². The molecule has 0 aromatic heterocycles.